The van der Waals surface area contributed by atoms with E-state index in [1.54, 1.807) is 14.2 Å². The largest absolute Gasteiger partial charge is 0.400 e. The zero-order chi connectivity index (χ0) is 11.9. The Kier molecular flexibility index (Phi) is 19.4. The quantitative estimate of drug-likeness (QED) is 0.468. The minimum absolute atomic E-state index is 1.16. The van der Waals surface area contributed by atoms with Crippen molar-refractivity contribution in [2.45, 2.75) is 65.3 Å². The fourth-order valence-electron chi connectivity index (χ4n) is 1.13. The highest BCUT2D eigenvalue weighted by Crippen LogP contribution is 2.05. The summed E-state index contributed by atoms with van der Waals surface area (Å²) >= 11 is 0. The summed E-state index contributed by atoms with van der Waals surface area (Å²) in [7, 11) is 2.17. The van der Waals surface area contributed by atoms with Crippen LogP contribution in [0.25, 0.3) is 0 Å². The van der Waals surface area contributed by atoms with E-state index in [9.17, 15) is 0 Å². The van der Waals surface area contributed by atoms with Crippen LogP contribution >= 0.6 is 0 Å². The van der Waals surface area contributed by atoms with E-state index in [1.807, 2.05) is 6.55 Å². The highest BCUT2D eigenvalue weighted by atomic mass is 28.3. The Labute approximate surface area is 98.2 Å². The molecule has 0 radical (unpaired) electrons. The molecule has 0 aromatic carbocycles. The summed E-state index contributed by atoms with van der Waals surface area (Å²) in [6.45, 7) is 6.50. The molecular weight excluding hydrogens is 204 g/mol. The Morgan fingerprint density at radius 1 is 0.733 bits per heavy atom. The van der Waals surface area contributed by atoms with Crippen LogP contribution in [-0.2, 0) is 8.85 Å². The third kappa shape index (κ3) is 20.3. The van der Waals surface area contributed by atoms with Crippen LogP contribution in [0.2, 0.25) is 6.55 Å². The second-order valence-electron chi connectivity index (χ2n) is 3.81. The first-order valence-electron chi connectivity index (χ1n) is 6.28. The molecule has 0 aromatic heterocycles. The summed E-state index contributed by atoms with van der Waals surface area (Å²) in [5.74, 6) is 0. The molecule has 0 aliphatic rings. The van der Waals surface area contributed by atoms with E-state index in [-0.39, 0.29) is 0 Å². The number of unbranched alkanes of at least 4 members (excludes halogenated alkanes) is 6. The summed E-state index contributed by atoms with van der Waals surface area (Å²) in [4.78, 5) is 0. The van der Waals surface area contributed by atoms with E-state index in [0.29, 0.717) is 0 Å². The van der Waals surface area contributed by atoms with Crippen molar-refractivity contribution in [3.8, 4) is 0 Å². The first-order chi connectivity index (χ1) is 7.22. The average molecular weight is 234 g/mol. The Morgan fingerprint density at radius 3 is 1.27 bits per heavy atom. The third-order valence-electron chi connectivity index (χ3n) is 2.37. The summed E-state index contributed by atoms with van der Waals surface area (Å²) in [6, 6.07) is 0. The molecule has 0 aliphatic heterocycles. The van der Waals surface area contributed by atoms with Crippen LogP contribution in [0.15, 0.2) is 0 Å². The van der Waals surface area contributed by atoms with Gasteiger partial charge in [0, 0.05) is 14.2 Å². The predicted molar refractivity (Wildman–Crippen MR) is 70.7 cm³/mol. The van der Waals surface area contributed by atoms with Gasteiger partial charge in [0.25, 0.3) is 0 Å². The first-order valence-corrected chi connectivity index (χ1v) is 8.38. The number of hydrogen-bond donors (Lipinski definition) is 0. The predicted octanol–water partition coefficient (Wildman–Crippen LogP) is 3.89. The van der Waals surface area contributed by atoms with Gasteiger partial charge in [-0.1, -0.05) is 58.8 Å². The summed E-state index contributed by atoms with van der Waals surface area (Å²) in [5, 5.41) is 0. The highest BCUT2D eigenvalue weighted by molar-refractivity contribution is 6.42. The molecule has 0 spiro atoms. The minimum Gasteiger partial charge on any atom is -0.400 e. The molecule has 15 heavy (non-hydrogen) atoms. The monoisotopic (exact) mass is 234 g/mol. The fraction of sp³-hybridized carbons (Fsp3) is 1.00. The van der Waals surface area contributed by atoms with Gasteiger partial charge in [0.05, 0.1) is 0 Å². The molecule has 0 heterocycles. The van der Waals surface area contributed by atoms with Crippen LogP contribution in [0.1, 0.15) is 58.8 Å². The van der Waals surface area contributed by atoms with Crippen molar-refractivity contribution >= 4 is 9.28 Å². The SMILES string of the molecule is CCCCCCCCC.CO[SiH](C)OC. The zero-order valence-electron chi connectivity index (χ0n) is 11.3. The van der Waals surface area contributed by atoms with Crippen molar-refractivity contribution in [3.05, 3.63) is 0 Å². The fourth-order valence-corrected chi connectivity index (χ4v) is 1.32. The maximum absolute atomic E-state index is 4.82. The van der Waals surface area contributed by atoms with E-state index in [4.69, 9.17) is 8.85 Å². The van der Waals surface area contributed by atoms with Crippen LogP contribution in [0.4, 0.5) is 0 Å². The van der Waals surface area contributed by atoms with Crippen molar-refractivity contribution in [1.82, 2.24) is 0 Å². The minimum atomic E-state index is -1.16. The summed E-state index contributed by atoms with van der Waals surface area (Å²) < 4.78 is 9.63. The Morgan fingerprint density at radius 2 is 1.07 bits per heavy atom. The summed E-state index contributed by atoms with van der Waals surface area (Å²) in [5.41, 5.74) is 0. The normalized spacial score (nSPS) is 10.0. The molecule has 0 unspecified atom stereocenters. The van der Waals surface area contributed by atoms with Crippen molar-refractivity contribution < 1.29 is 8.85 Å². The van der Waals surface area contributed by atoms with Gasteiger partial charge >= 0.3 is 9.28 Å². The van der Waals surface area contributed by atoms with E-state index in [1.165, 1.54) is 44.9 Å². The third-order valence-corrected chi connectivity index (χ3v) is 3.70. The number of hydrogen-bond acceptors (Lipinski definition) is 2. The summed E-state index contributed by atoms with van der Waals surface area (Å²) in [6.07, 6.45) is 9.97. The van der Waals surface area contributed by atoms with Gasteiger partial charge in [-0.15, -0.1) is 0 Å². The lowest BCUT2D eigenvalue weighted by Crippen LogP contribution is -2.12. The van der Waals surface area contributed by atoms with Gasteiger partial charge in [-0.2, -0.15) is 0 Å². The van der Waals surface area contributed by atoms with Crippen LogP contribution in [0, 0.1) is 0 Å². The van der Waals surface area contributed by atoms with Gasteiger partial charge in [0.1, 0.15) is 0 Å². The zero-order valence-corrected chi connectivity index (χ0v) is 12.5. The van der Waals surface area contributed by atoms with Gasteiger partial charge in [0.15, 0.2) is 0 Å². The standard InChI is InChI=1S/C9H20.C3H10O2Si/c1-3-5-7-9-8-6-4-2;1-4-6(3)5-2/h3-9H2,1-2H3;6H,1-3H3. The van der Waals surface area contributed by atoms with E-state index in [2.05, 4.69) is 13.8 Å². The van der Waals surface area contributed by atoms with Gasteiger partial charge in [-0.25, -0.2) is 0 Å². The lowest BCUT2D eigenvalue weighted by atomic mass is 10.1. The van der Waals surface area contributed by atoms with Crippen molar-refractivity contribution in [2.75, 3.05) is 14.2 Å². The molecule has 94 valence electrons. The molecule has 0 atom stereocenters. The lowest BCUT2D eigenvalue weighted by molar-refractivity contribution is 0.285. The molecule has 0 aliphatic carbocycles. The molecule has 0 bridgehead atoms. The van der Waals surface area contributed by atoms with Crippen molar-refractivity contribution in [3.63, 3.8) is 0 Å². The Bertz CT molecular complexity index is 89.6. The van der Waals surface area contributed by atoms with Gasteiger partial charge in [-0.3, -0.25) is 0 Å². The Balaban J connectivity index is 0. The number of rotatable bonds is 8. The van der Waals surface area contributed by atoms with Gasteiger partial charge < -0.3 is 8.85 Å². The van der Waals surface area contributed by atoms with Crippen molar-refractivity contribution in [1.29, 1.82) is 0 Å². The molecule has 2 nitrogen and oxygen atoms in total. The smallest absolute Gasteiger partial charge is 0.317 e. The first kappa shape index (κ1) is 17.5. The Hall–Kier alpha value is 0.137. The molecule has 0 fully saturated rings. The topological polar surface area (TPSA) is 18.5 Å². The maximum Gasteiger partial charge on any atom is 0.317 e. The average Bonchev–Trinajstić information content (AvgIpc) is 2.29. The molecule has 0 amide bonds. The van der Waals surface area contributed by atoms with Gasteiger partial charge in [-0.05, 0) is 6.55 Å². The molecule has 0 N–H and O–H groups in total. The van der Waals surface area contributed by atoms with Crippen LogP contribution in [-0.4, -0.2) is 23.5 Å². The van der Waals surface area contributed by atoms with E-state index >= 15 is 0 Å². The second-order valence-corrected chi connectivity index (χ2v) is 5.88. The second kappa shape index (κ2) is 16.6. The molecule has 0 aromatic rings. The van der Waals surface area contributed by atoms with Gasteiger partial charge in [0.2, 0.25) is 0 Å². The highest BCUT2D eigenvalue weighted by Gasteiger charge is 1.94. The van der Waals surface area contributed by atoms with E-state index < -0.39 is 9.28 Å². The molecule has 0 saturated heterocycles. The maximum atomic E-state index is 4.82. The van der Waals surface area contributed by atoms with Crippen LogP contribution in [0.3, 0.4) is 0 Å². The van der Waals surface area contributed by atoms with Crippen molar-refractivity contribution in [2.24, 2.45) is 0 Å². The van der Waals surface area contributed by atoms with E-state index in [0.717, 1.165) is 0 Å². The molecule has 3 heteroatoms. The molecule has 0 saturated carbocycles. The van der Waals surface area contributed by atoms with Crippen LogP contribution in [0.5, 0.6) is 0 Å². The molecule has 0 rings (SSSR count). The van der Waals surface area contributed by atoms with Crippen LogP contribution < -0.4 is 0 Å². The lowest BCUT2D eigenvalue weighted by Gasteiger charge is -2.00. The molecular formula is C12H30O2Si.